The summed E-state index contributed by atoms with van der Waals surface area (Å²) in [6.07, 6.45) is 2.10. The van der Waals surface area contributed by atoms with Crippen molar-refractivity contribution in [2.24, 2.45) is 12.0 Å². The van der Waals surface area contributed by atoms with Gasteiger partial charge in [-0.05, 0) is 50.5 Å². The molecule has 2 aromatic rings. The summed E-state index contributed by atoms with van der Waals surface area (Å²) in [6.45, 7) is 7.37. The van der Waals surface area contributed by atoms with E-state index in [1.165, 1.54) is 6.07 Å². The van der Waals surface area contributed by atoms with Crippen molar-refractivity contribution >= 4 is 11.6 Å². The van der Waals surface area contributed by atoms with Crippen LogP contribution >= 0.6 is 0 Å². The van der Waals surface area contributed by atoms with Gasteiger partial charge < -0.3 is 24.8 Å². The van der Waals surface area contributed by atoms with Gasteiger partial charge in [0.2, 0.25) is 0 Å². The monoisotopic (exact) mass is 417 g/mol. The normalized spacial score (nSPS) is 17.3. The molecular weight excluding hydrogens is 385 g/mol. The zero-order chi connectivity index (χ0) is 21.5. The second-order valence-corrected chi connectivity index (χ2v) is 7.67. The summed E-state index contributed by atoms with van der Waals surface area (Å²) in [5.41, 5.74) is 2.05. The Bertz CT molecular complexity index is 867. The number of halogens is 1. The van der Waals surface area contributed by atoms with Crippen LogP contribution in [-0.2, 0) is 18.3 Å². The fourth-order valence-electron chi connectivity index (χ4n) is 3.64. The third-order valence-electron chi connectivity index (χ3n) is 5.42. The first-order valence-electron chi connectivity index (χ1n) is 10.4. The molecule has 3 rings (SSSR count). The lowest BCUT2D eigenvalue weighted by molar-refractivity contribution is 0.203. The number of aryl methyl sites for hydroxylation is 2. The quantitative estimate of drug-likeness (QED) is 0.407. The fourth-order valence-corrected chi connectivity index (χ4v) is 3.64. The smallest absolute Gasteiger partial charge is 0.192 e. The standard InChI is InChI=1S/C21H32FN7O/c1-15-12-17(22)7-8-19(15)29-10-5-6-18(14-29)25-21(23-9-11-30-4)24-13-20-27-26-16(2)28(20)3/h7-8,12,18H,5-6,9-11,13-14H2,1-4H3,(H2,23,24,25). The van der Waals surface area contributed by atoms with Gasteiger partial charge in [0.25, 0.3) is 0 Å². The number of benzene rings is 1. The maximum atomic E-state index is 13.5. The molecule has 9 heteroatoms. The second-order valence-electron chi connectivity index (χ2n) is 7.67. The van der Waals surface area contributed by atoms with E-state index in [4.69, 9.17) is 9.73 Å². The van der Waals surface area contributed by atoms with E-state index in [2.05, 4.69) is 25.7 Å². The Morgan fingerprint density at radius 2 is 2.17 bits per heavy atom. The molecule has 0 saturated carbocycles. The molecule has 2 heterocycles. The van der Waals surface area contributed by atoms with E-state index in [0.29, 0.717) is 19.7 Å². The number of nitrogens with zero attached hydrogens (tertiary/aromatic N) is 5. The van der Waals surface area contributed by atoms with Gasteiger partial charge >= 0.3 is 0 Å². The fraction of sp³-hybridized carbons (Fsp3) is 0.571. The average Bonchev–Trinajstić information content (AvgIpc) is 3.04. The maximum Gasteiger partial charge on any atom is 0.192 e. The van der Waals surface area contributed by atoms with E-state index < -0.39 is 0 Å². The molecule has 0 spiro atoms. The van der Waals surface area contributed by atoms with Crippen molar-refractivity contribution in [3.05, 3.63) is 41.2 Å². The molecule has 0 aliphatic carbocycles. The first kappa shape index (κ1) is 22.0. The summed E-state index contributed by atoms with van der Waals surface area (Å²) in [4.78, 5) is 7.02. The van der Waals surface area contributed by atoms with Crippen LogP contribution < -0.4 is 15.5 Å². The zero-order valence-corrected chi connectivity index (χ0v) is 18.3. The van der Waals surface area contributed by atoms with Gasteiger partial charge in [-0.3, -0.25) is 0 Å². The van der Waals surface area contributed by atoms with Crippen LogP contribution in [0.2, 0.25) is 0 Å². The highest BCUT2D eigenvalue weighted by atomic mass is 19.1. The lowest BCUT2D eigenvalue weighted by Crippen LogP contribution is -2.51. The van der Waals surface area contributed by atoms with Crippen molar-refractivity contribution in [2.75, 3.05) is 38.3 Å². The molecule has 1 saturated heterocycles. The van der Waals surface area contributed by atoms with Gasteiger partial charge in [-0.25, -0.2) is 9.38 Å². The van der Waals surface area contributed by atoms with Crippen molar-refractivity contribution < 1.29 is 9.13 Å². The summed E-state index contributed by atoms with van der Waals surface area (Å²) in [6, 6.07) is 5.23. The van der Waals surface area contributed by atoms with Crippen LogP contribution in [0, 0.1) is 19.7 Å². The summed E-state index contributed by atoms with van der Waals surface area (Å²) >= 11 is 0. The SMILES string of the molecule is COCCNC(=NCc1nnc(C)n1C)NC1CCCN(c2ccc(F)cc2C)C1. The Morgan fingerprint density at radius 3 is 2.87 bits per heavy atom. The minimum absolute atomic E-state index is 0.196. The first-order valence-corrected chi connectivity index (χ1v) is 10.4. The van der Waals surface area contributed by atoms with Crippen LogP contribution in [0.15, 0.2) is 23.2 Å². The van der Waals surface area contributed by atoms with Crippen molar-refractivity contribution in [1.82, 2.24) is 25.4 Å². The molecule has 2 N–H and O–H groups in total. The molecule has 164 valence electrons. The molecule has 0 amide bonds. The second kappa shape index (κ2) is 10.4. The van der Waals surface area contributed by atoms with E-state index >= 15 is 0 Å². The van der Waals surface area contributed by atoms with E-state index in [1.807, 2.05) is 31.5 Å². The molecule has 1 aliphatic rings. The van der Waals surface area contributed by atoms with Crippen LogP contribution in [-0.4, -0.2) is 60.1 Å². The van der Waals surface area contributed by atoms with Gasteiger partial charge in [0, 0.05) is 45.5 Å². The number of hydrogen-bond donors (Lipinski definition) is 2. The van der Waals surface area contributed by atoms with Crippen molar-refractivity contribution in [3.63, 3.8) is 0 Å². The molecule has 8 nitrogen and oxygen atoms in total. The minimum atomic E-state index is -0.196. The lowest BCUT2D eigenvalue weighted by atomic mass is 10.0. The van der Waals surface area contributed by atoms with E-state index in [-0.39, 0.29) is 11.9 Å². The van der Waals surface area contributed by atoms with Crippen LogP contribution in [0.25, 0.3) is 0 Å². The number of rotatable bonds is 7. The van der Waals surface area contributed by atoms with Crippen LogP contribution in [0.3, 0.4) is 0 Å². The molecule has 1 aromatic heterocycles. The molecule has 1 atom stereocenters. The Morgan fingerprint density at radius 1 is 1.33 bits per heavy atom. The summed E-state index contributed by atoms with van der Waals surface area (Å²) < 4.78 is 20.6. The zero-order valence-electron chi connectivity index (χ0n) is 18.3. The van der Waals surface area contributed by atoms with Crippen LogP contribution in [0.1, 0.15) is 30.1 Å². The van der Waals surface area contributed by atoms with E-state index in [9.17, 15) is 4.39 Å². The number of methoxy groups -OCH3 is 1. The van der Waals surface area contributed by atoms with Gasteiger partial charge in [-0.1, -0.05) is 0 Å². The van der Waals surface area contributed by atoms with Gasteiger partial charge in [0.05, 0.1) is 6.61 Å². The number of ether oxygens (including phenoxy) is 1. The number of aromatic nitrogens is 3. The molecule has 30 heavy (non-hydrogen) atoms. The Kier molecular flexibility index (Phi) is 7.62. The Labute approximate surface area is 177 Å². The highest BCUT2D eigenvalue weighted by Crippen LogP contribution is 2.24. The summed E-state index contributed by atoms with van der Waals surface area (Å²) in [5.74, 6) is 2.21. The third-order valence-corrected chi connectivity index (χ3v) is 5.42. The highest BCUT2D eigenvalue weighted by molar-refractivity contribution is 5.80. The number of guanidine groups is 1. The predicted octanol–water partition coefficient (Wildman–Crippen LogP) is 1.92. The van der Waals surface area contributed by atoms with E-state index in [0.717, 1.165) is 54.8 Å². The maximum absolute atomic E-state index is 13.5. The van der Waals surface area contributed by atoms with Crippen molar-refractivity contribution in [2.45, 2.75) is 39.3 Å². The molecule has 0 bridgehead atoms. The number of nitrogens with one attached hydrogen (secondary N) is 2. The predicted molar refractivity (Wildman–Crippen MR) is 116 cm³/mol. The minimum Gasteiger partial charge on any atom is -0.383 e. The van der Waals surface area contributed by atoms with Crippen LogP contribution in [0.5, 0.6) is 0 Å². The lowest BCUT2D eigenvalue weighted by Gasteiger charge is -2.36. The van der Waals surface area contributed by atoms with Gasteiger partial charge in [0.15, 0.2) is 11.8 Å². The highest BCUT2D eigenvalue weighted by Gasteiger charge is 2.22. The molecule has 1 aliphatic heterocycles. The van der Waals surface area contributed by atoms with Crippen molar-refractivity contribution in [1.29, 1.82) is 0 Å². The van der Waals surface area contributed by atoms with Crippen molar-refractivity contribution in [3.8, 4) is 0 Å². The summed E-state index contributed by atoms with van der Waals surface area (Å²) in [7, 11) is 3.62. The molecule has 0 radical (unpaired) electrons. The summed E-state index contributed by atoms with van der Waals surface area (Å²) in [5, 5.41) is 15.2. The molecular formula is C21H32FN7O. The molecule has 1 unspecified atom stereocenters. The number of hydrogen-bond acceptors (Lipinski definition) is 5. The third kappa shape index (κ3) is 5.69. The molecule has 1 aromatic carbocycles. The largest absolute Gasteiger partial charge is 0.383 e. The van der Waals surface area contributed by atoms with Gasteiger partial charge in [0.1, 0.15) is 18.2 Å². The number of aliphatic imine (C=N–C) groups is 1. The Balaban J connectivity index is 1.67. The number of anilines is 1. The van der Waals surface area contributed by atoms with Gasteiger partial charge in [-0.15, -0.1) is 10.2 Å². The van der Waals surface area contributed by atoms with Crippen LogP contribution in [0.4, 0.5) is 10.1 Å². The number of piperidine rings is 1. The average molecular weight is 418 g/mol. The first-order chi connectivity index (χ1) is 14.5. The molecule has 1 fully saturated rings. The van der Waals surface area contributed by atoms with Gasteiger partial charge in [-0.2, -0.15) is 0 Å². The Hall–Kier alpha value is -2.68. The topological polar surface area (TPSA) is 79.6 Å². The van der Waals surface area contributed by atoms with E-state index in [1.54, 1.807) is 13.2 Å².